The molecule has 0 spiro atoms. The Balaban J connectivity index is 1.48. The van der Waals surface area contributed by atoms with E-state index in [1.165, 1.54) is 18.0 Å². The van der Waals surface area contributed by atoms with Gasteiger partial charge in [0.05, 0.1) is 6.61 Å². The summed E-state index contributed by atoms with van der Waals surface area (Å²) < 4.78 is 5.27. The second kappa shape index (κ2) is 15.5. The van der Waals surface area contributed by atoms with Crippen molar-refractivity contribution in [1.82, 2.24) is 19.9 Å². The second-order valence-electron chi connectivity index (χ2n) is 8.91. The van der Waals surface area contributed by atoms with Crippen molar-refractivity contribution in [2.24, 2.45) is 0 Å². The van der Waals surface area contributed by atoms with E-state index in [2.05, 4.69) is 43.0 Å². The van der Waals surface area contributed by atoms with Crippen LogP contribution in [0.25, 0.3) is 0 Å². The van der Waals surface area contributed by atoms with E-state index >= 15 is 0 Å². The van der Waals surface area contributed by atoms with Crippen LogP contribution in [0.4, 0.5) is 17.5 Å². The van der Waals surface area contributed by atoms with Gasteiger partial charge in [0.25, 0.3) is 0 Å². The third-order valence-corrected chi connectivity index (χ3v) is 6.17. The highest BCUT2D eigenvalue weighted by molar-refractivity contribution is 5.77. The van der Waals surface area contributed by atoms with Gasteiger partial charge in [0.15, 0.2) is 0 Å². The summed E-state index contributed by atoms with van der Waals surface area (Å²) in [6, 6.07) is 5.17. The minimum Gasteiger partial charge on any atom is -0.480 e. The molecule has 0 aliphatic carbocycles. The van der Waals surface area contributed by atoms with Gasteiger partial charge < -0.3 is 36.1 Å². The number of allylic oxidation sites excluding steroid dienone is 1. The number of anilines is 3. The smallest absolute Gasteiger partial charge is 0.326 e. The van der Waals surface area contributed by atoms with Crippen molar-refractivity contribution in [2.75, 3.05) is 55.8 Å². The molecule has 1 aliphatic heterocycles. The topological polar surface area (TPSA) is 148 Å². The number of hydrogen-bond donors (Lipinski definition) is 5. The minimum atomic E-state index is -0.935. The summed E-state index contributed by atoms with van der Waals surface area (Å²) in [5.41, 5.74) is 2.41. The lowest BCUT2D eigenvalue weighted by Gasteiger charge is -2.24. The van der Waals surface area contributed by atoms with E-state index in [1.54, 1.807) is 19.4 Å². The molecule has 0 aromatic carbocycles. The number of aliphatic carboxylic acids is 1. The maximum absolute atomic E-state index is 11.9. The summed E-state index contributed by atoms with van der Waals surface area (Å²) in [7, 11) is 1.67. The second-order valence-corrected chi connectivity index (χ2v) is 8.91. The summed E-state index contributed by atoms with van der Waals surface area (Å²) in [4.78, 5) is 27.2. The van der Waals surface area contributed by atoms with Gasteiger partial charge in [0.1, 0.15) is 29.8 Å². The number of nitrogens with zero attached hydrogens (tertiary/aromatic N) is 4. The van der Waals surface area contributed by atoms with Crippen LogP contribution in [0.1, 0.15) is 36.9 Å². The van der Waals surface area contributed by atoms with Gasteiger partial charge in [0.2, 0.25) is 0 Å². The summed E-state index contributed by atoms with van der Waals surface area (Å²) in [6.07, 6.45) is 11.2. The molecule has 0 fully saturated rings. The van der Waals surface area contributed by atoms with E-state index in [4.69, 9.17) is 15.1 Å². The number of pyridine rings is 1. The molecule has 11 nitrogen and oxygen atoms in total. The SMILES string of the molecule is COCCN(CCCCc1ccc2c(n1)NCCC2)CC[C@H](Nc1cc(N/C=C\C=N)ncn1)C(=O)O. The van der Waals surface area contributed by atoms with Gasteiger partial charge in [-0.05, 0) is 62.8 Å². The van der Waals surface area contributed by atoms with E-state index < -0.39 is 12.0 Å². The Morgan fingerprint density at radius 1 is 1.27 bits per heavy atom. The number of carbonyl (C=O) groups is 1. The van der Waals surface area contributed by atoms with Crippen LogP contribution in [-0.2, 0) is 22.4 Å². The van der Waals surface area contributed by atoms with Crippen molar-refractivity contribution < 1.29 is 14.6 Å². The van der Waals surface area contributed by atoms with Gasteiger partial charge in [-0.15, -0.1) is 0 Å². The summed E-state index contributed by atoms with van der Waals surface area (Å²) in [6.45, 7) is 3.80. The predicted molar refractivity (Wildman–Crippen MR) is 146 cm³/mol. The molecular weight excluding hydrogens is 472 g/mol. The van der Waals surface area contributed by atoms with Crippen molar-refractivity contribution in [2.45, 2.75) is 44.6 Å². The Kier molecular flexibility index (Phi) is 11.7. The van der Waals surface area contributed by atoms with Gasteiger partial charge in [-0.1, -0.05) is 6.07 Å². The molecule has 1 aliphatic rings. The molecule has 200 valence electrons. The quantitative estimate of drug-likeness (QED) is 0.159. The molecule has 0 bridgehead atoms. The lowest BCUT2D eigenvalue weighted by atomic mass is 10.1. The predicted octanol–water partition coefficient (Wildman–Crippen LogP) is 3.03. The van der Waals surface area contributed by atoms with Crippen LogP contribution in [-0.4, -0.2) is 83.1 Å². The van der Waals surface area contributed by atoms with Crippen LogP contribution < -0.4 is 16.0 Å². The number of aromatic nitrogens is 3. The number of carboxylic acids is 1. The van der Waals surface area contributed by atoms with Crippen LogP contribution in [0.3, 0.4) is 0 Å². The molecule has 0 saturated carbocycles. The number of nitrogens with one attached hydrogen (secondary N) is 4. The maximum Gasteiger partial charge on any atom is 0.326 e. The van der Waals surface area contributed by atoms with E-state index in [9.17, 15) is 9.90 Å². The first-order valence-corrected chi connectivity index (χ1v) is 12.8. The number of hydrogen-bond acceptors (Lipinski definition) is 10. The monoisotopic (exact) mass is 510 g/mol. The number of fused-ring (bicyclic) bond motifs is 1. The van der Waals surface area contributed by atoms with Crippen molar-refractivity contribution >= 4 is 29.6 Å². The van der Waals surface area contributed by atoms with E-state index in [0.717, 1.165) is 69.5 Å². The Morgan fingerprint density at radius 3 is 2.95 bits per heavy atom. The largest absolute Gasteiger partial charge is 0.480 e. The number of ether oxygens (including phenoxy) is 1. The van der Waals surface area contributed by atoms with E-state index in [1.807, 2.05) is 0 Å². The zero-order valence-electron chi connectivity index (χ0n) is 21.4. The first-order valence-electron chi connectivity index (χ1n) is 12.8. The average Bonchev–Trinajstić information content (AvgIpc) is 2.91. The number of rotatable bonds is 17. The van der Waals surface area contributed by atoms with Crippen LogP contribution >= 0.6 is 0 Å². The molecular formula is C26H38N8O3. The molecule has 2 aromatic rings. The van der Waals surface area contributed by atoms with Crippen molar-refractivity contribution in [3.05, 3.63) is 48.1 Å². The van der Waals surface area contributed by atoms with Crippen molar-refractivity contribution in [3.63, 3.8) is 0 Å². The zero-order chi connectivity index (χ0) is 26.3. The Labute approximate surface area is 218 Å². The van der Waals surface area contributed by atoms with Crippen LogP contribution in [0.5, 0.6) is 0 Å². The van der Waals surface area contributed by atoms with Crippen molar-refractivity contribution in [3.8, 4) is 0 Å². The Morgan fingerprint density at radius 2 is 2.14 bits per heavy atom. The molecule has 0 radical (unpaired) electrons. The van der Waals surface area contributed by atoms with Crippen molar-refractivity contribution in [1.29, 1.82) is 5.41 Å². The average molecular weight is 511 g/mol. The molecule has 11 heteroatoms. The van der Waals surface area contributed by atoms with Gasteiger partial charge in [-0.2, -0.15) is 0 Å². The van der Waals surface area contributed by atoms with Gasteiger partial charge >= 0.3 is 5.97 Å². The first kappa shape index (κ1) is 28.0. The Hall–Kier alpha value is -3.57. The number of unbranched alkanes of at least 4 members (excludes halogenated alkanes) is 1. The molecule has 0 saturated heterocycles. The van der Waals surface area contributed by atoms with E-state index in [0.29, 0.717) is 31.2 Å². The number of aryl methyl sites for hydroxylation is 2. The highest BCUT2D eigenvalue weighted by atomic mass is 16.5. The molecule has 5 N–H and O–H groups in total. The summed E-state index contributed by atoms with van der Waals surface area (Å²) in [5, 5.41) is 26.1. The lowest BCUT2D eigenvalue weighted by Crippen LogP contribution is -2.37. The molecule has 1 atom stereocenters. The highest BCUT2D eigenvalue weighted by Gasteiger charge is 2.19. The van der Waals surface area contributed by atoms with Gasteiger partial charge in [-0.25, -0.2) is 19.7 Å². The zero-order valence-corrected chi connectivity index (χ0v) is 21.4. The Bertz CT molecular complexity index is 1030. The van der Waals surface area contributed by atoms with Gasteiger partial charge in [0, 0.05) is 50.9 Å². The van der Waals surface area contributed by atoms with Gasteiger partial charge in [-0.3, -0.25) is 0 Å². The fourth-order valence-electron chi connectivity index (χ4n) is 4.15. The fourth-order valence-corrected chi connectivity index (χ4v) is 4.15. The molecule has 37 heavy (non-hydrogen) atoms. The third kappa shape index (κ3) is 9.77. The molecule has 2 aromatic heterocycles. The van der Waals surface area contributed by atoms with E-state index in [-0.39, 0.29) is 0 Å². The molecule has 0 amide bonds. The maximum atomic E-state index is 11.9. The number of methoxy groups -OCH3 is 1. The van der Waals surface area contributed by atoms with Crippen LogP contribution in [0.2, 0.25) is 0 Å². The molecule has 0 unspecified atom stereocenters. The minimum absolute atomic E-state index is 0.414. The first-order chi connectivity index (χ1) is 18.1. The normalized spacial score (nSPS) is 13.7. The third-order valence-electron chi connectivity index (χ3n) is 6.17. The standard InChI is InChI=1S/C26H38N8O3/c1-37-17-16-34(14-3-2-7-21-9-8-20-6-4-12-29-25(20)32-21)15-10-22(26(35)36)33-24-18-23(30-19-31-24)28-13-5-11-27/h5,8-9,11,13,18-19,22,27H,2-4,6-7,10,12,14-17H2,1H3,(H,29,32)(H,35,36)(H2,28,30,31,33)/b13-5-,27-11?/t22-/m0/s1. The van der Waals surface area contributed by atoms with Crippen LogP contribution in [0.15, 0.2) is 36.8 Å². The fraction of sp³-hybridized carbons (Fsp3) is 0.500. The highest BCUT2D eigenvalue weighted by Crippen LogP contribution is 2.20. The lowest BCUT2D eigenvalue weighted by molar-refractivity contribution is -0.138. The molecule has 3 rings (SSSR count). The number of carboxylic acid groups (broad SMARTS) is 1. The van der Waals surface area contributed by atoms with Crippen LogP contribution in [0, 0.1) is 5.41 Å². The summed E-state index contributed by atoms with van der Waals surface area (Å²) in [5.74, 6) is 1.03. The summed E-state index contributed by atoms with van der Waals surface area (Å²) >= 11 is 0. The molecule has 3 heterocycles.